The average molecular weight is 499 g/mol. The Hall–Kier alpha value is -3.87. The molecule has 2 N–H and O–H groups in total. The Labute approximate surface area is 191 Å². The SMILES string of the molecule is COc1ccc(NC(=O)c2ccc(OCC(F)(F)F)nc2)cc1NS(=O)(=O)c1ccc(F)cc1. The summed E-state index contributed by atoms with van der Waals surface area (Å²) in [6, 6.07) is 10.6. The minimum atomic E-state index is -4.53. The highest BCUT2D eigenvalue weighted by Crippen LogP contribution is 2.30. The summed E-state index contributed by atoms with van der Waals surface area (Å²) in [6.07, 6.45) is -3.50. The minimum absolute atomic E-state index is 0.00125. The van der Waals surface area contributed by atoms with Crippen LogP contribution in [0.15, 0.2) is 65.7 Å². The molecule has 0 aliphatic carbocycles. The second-order valence-electron chi connectivity index (χ2n) is 6.72. The van der Waals surface area contributed by atoms with Crippen LogP contribution in [-0.2, 0) is 10.0 Å². The third kappa shape index (κ3) is 6.57. The van der Waals surface area contributed by atoms with E-state index < -0.39 is 34.5 Å². The summed E-state index contributed by atoms with van der Waals surface area (Å²) in [5, 5.41) is 2.52. The molecule has 0 atom stereocenters. The van der Waals surface area contributed by atoms with Gasteiger partial charge in [0.2, 0.25) is 5.88 Å². The number of sulfonamides is 1. The number of rotatable bonds is 8. The smallest absolute Gasteiger partial charge is 0.422 e. The first-order valence-corrected chi connectivity index (χ1v) is 10.9. The lowest BCUT2D eigenvalue weighted by atomic mass is 10.2. The van der Waals surface area contributed by atoms with E-state index in [9.17, 15) is 30.8 Å². The summed E-state index contributed by atoms with van der Waals surface area (Å²) >= 11 is 0. The third-order valence-corrected chi connectivity index (χ3v) is 5.59. The van der Waals surface area contributed by atoms with Crippen LogP contribution in [0.25, 0.3) is 0 Å². The Bertz CT molecular complexity index is 1270. The summed E-state index contributed by atoms with van der Waals surface area (Å²) in [6.45, 7) is -1.52. The van der Waals surface area contributed by atoms with Gasteiger partial charge in [-0.2, -0.15) is 13.2 Å². The molecular weight excluding hydrogens is 482 g/mol. The molecule has 1 heterocycles. The first kappa shape index (κ1) is 24.8. The molecule has 3 rings (SSSR count). The zero-order valence-electron chi connectivity index (χ0n) is 17.4. The fourth-order valence-corrected chi connectivity index (χ4v) is 3.70. The highest BCUT2D eigenvalue weighted by atomic mass is 32.2. The maximum atomic E-state index is 13.1. The molecule has 0 radical (unpaired) electrons. The zero-order chi connectivity index (χ0) is 24.9. The summed E-state index contributed by atoms with van der Waals surface area (Å²) < 4.78 is 86.9. The van der Waals surface area contributed by atoms with Gasteiger partial charge in [0.05, 0.1) is 23.3 Å². The van der Waals surface area contributed by atoms with Crippen LogP contribution in [0.4, 0.5) is 28.9 Å². The van der Waals surface area contributed by atoms with Gasteiger partial charge in [-0.3, -0.25) is 9.52 Å². The molecule has 1 aromatic heterocycles. The number of carbonyl (C=O) groups excluding carboxylic acids is 1. The maximum Gasteiger partial charge on any atom is 0.422 e. The van der Waals surface area contributed by atoms with Gasteiger partial charge in [0, 0.05) is 18.0 Å². The van der Waals surface area contributed by atoms with Crippen molar-refractivity contribution in [2.75, 3.05) is 23.8 Å². The number of ether oxygens (including phenoxy) is 2. The van der Waals surface area contributed by atoms with Crippen LogP contribution >= 0.6 is 0 Å². The Morgan fingerprint density at radius 3 is 2.35 bits per heavy atom. The van der Waals surface area contributed by atoms with Gasteiger partial charge in [-0.15, -0.1) is 0 Å². The molecule has 0 saturated heterocycles. The van der Waals surface area contributed by atoms with E-state index in [-0.39, 0.29) is 33.5 Å². The van der Waals surface area contributed by atoms with Crippen molar-refractivity contribution in [3.05, 3.63) is 72.2 Å². The molecule has 0 bridgehead atoms. The molecule has 0 unspecified atom stereocenters. The second kappa shape index (κ2) is 9.95. The molecule has 3 aromatic rings. The van der Waals surface area contributed by atoms with Gasteiger partial charge in [0.15, 0.2) is 6.61 Å². The predicted molar refractivity (Wildman–Crippen MR) is 114 cm³/mol. The summed E-state index contributed by atoms with van der Waals surface area (Å²) in [4.78, 5) is 15.9. The number of amides is 1. The number of pyridine rings is 1. The van der Waals surface area contributed by atoms with Gasteiger partial charge >= 0.3 is 6.18 Å². The number of aromatic nitrogens is 1. The highest BCUT2D eigenvalue weighted by Gasteiger charge is 2.28. The number of alkyl halides is 3. The monoisotopic (exact) mass is 499 g/mol. The number of nitrogens with one attached hydrogen (secondary N) is 2. The number of carbonyl (C=O) groups is 1. The molecule has 0 fully saturated rings. The third-order valence-electron chi connectivity index (χ3n) is 4.21. The van der Waals surface area contributed by atoms with E-state index in [2.05, 4.69) is 19.8 Å². The van der Waals surface area contributed by atoms with Crippen molar-refractivity contribution < 1.29 is 40.2 Å². The van der Waals surface area contributed by atoms with Crippen molar-refractivity contribution in [3.8, 4) is 11.6 Å². The van der Waals surface area contributed by atoms with Gasteiger partial charge in [-0.25, -0.2) is 17.8 Å². The maximum absolute atomic E-state index is 13.1. The molecule has 8 nitrogen and oxygen atoms in total. The second-order valence-corrected chi connectivity index (χ2v) is 8.40. The Morgan fingerprint density at radius 1 is 1.06 bits per heavy atom. The Kier molecular flexibility index (Phi) is 7.25. The van der Waals surface area contributed by atoms with Crippen molar-refractivity contribution in [1.29, 1.82) is 0 Å². The van der Waals surface area contributed by atoms with Crippen LogP contribution in [-0.4, -0.2) is 39.2 Å². The van der Waals surface area contributed by atoms with Crippen LogP contribution in [0.2, 0.25) is 0 Å². The number of methoxy groups -OCH3 is 1. The van der Waals surface area contributed by atoms with Gasteiger partial charge in [-0.05, 0) is 48.5 Å². The molecule has 2 aromatic carbocycles. The van der Waals surface area contributed by atoms with Crippen LogP contribution in [0.5, 0.6) is 11.6 Å². The number of hydrogen-bond donors (Lipinski definition) is 2. The minimum Gasteiger partial charge on any atom is -0.495 e. The molecule has 0 aliphatic rings. The van der Waals surface area contributed by atoms with Gasteiger partial charge < -0.3 is 14.8 Å². The molecule has 1 amide bonds. The molecule has 0 saturated carbocycles. The topological polar surface area (TPSA) is 107 Å². The number of benzene rings is 2. The summed E-state index contributed by atoms with van der Waals surface area (Å²) in [5.41, 5.74) is 0.197. The Morgan fingerprint density at radius 2 is 1.76 bits per heavy atom. The van der Waals surface area contributed by atoms with Crippen molar-refractivity contribution in [2.45, 2.75) is 11.1 Å². The van der Waals surface area contributed by atoms with Crippen LogP contribution < -0.4 is 19.5 Å². The lowest BCUT2D eigenvalue weighted by molar-refractivity contribution is -0.154. The molecule has 34 heavy (non-hydrogen) atoms. The highest BCUT2D eigenvalue weighted by molar-refractivity contribution is 7.92. The summed E-state index contributed by atoms with van der Waals surface area (Å²) in [7, 11) is -2.78. The lowest BCUT2D eigenvalue weighted by Gasteiger charge is -2.14. The van der Waals surface area contributed by atoms with Gasteiger partial charge in [0.25, 0.3) is 15.9 Å². The first-order chi connectivity index (χ1) is 16.0. The number of anilines is 2. The molecule has 0 spiro atoms. The number of halogens is 4. The summed E-state index contributed by atoms with van der Waals surface area (Å²) in [5.74, 6) is -1.42. The van der Waals surface area contributed by atoms with Gasteiger partial charge in [-0.1, -0.05) is 0 Å². The number of nitrogens with zero attached hydrogens (tertiary/aromatic N) is 1. The van der Waals surface area contributed by atoms with E-state index in [1.807, 2.05) is 0 Å². The number of hydrogen-bond acceptors (Lipinski definition) is 6. The van der Waals surface area contributed by atoms with Crippen LogP contribution in [0, 0.1) is 5.82 Å². The van der Waals surface area contributed by atoms with E-state index >= 15 is 0 Å². The first-order valence-electron chi connectivity index (χ1n) is 9.40. The standard InChI is InChI=1S/C21H17F4N3O5S/c1-32-18-8-5-15(10-17(18)28-34(30,31)16-6-3-14(22)4-7-16)27-20(29)13-2-9-19(26-11-13)33-12-21(23,24)25/h2-11,28H,12H2,1H3,(H,27,29). The van der Waals surface area contributed by atoms with E-state index in [0.717, 1.165) is 36.5 Å². The normalized spacial score (nSPS) is 11.6. The van der Waals surface area contributed by atoms with Crippen LogP contribution in [0.3, 0.4) is 0 Å². The van der Waals surface area contributed by atoms with Crippen molar-refractivity contribution in [3.63, 3.8) is 0 Å². The molecule has 180 valence electrons. The Balaban J connectivity index is 1.75. The zero-order valence-corrected chi connectivity index (χ0v) is 18.2. The van der Waals surface area contributed by atoms with E-state index in [4.69, 9.17) is 4.74 Å². The van der Waals surface area contributed by atoms with E-state index in [1.54, 1.807) is 0 Å². The van der Waals surface area contributed by atoms with Crippen LogP contribution in [0.1, 0.15) is 10.4 Å². The van der Waals surface area contributed by atoms with Crippen molar-refractivity contribution in [1.82, 2.24) is 4.98 Å². The molecule has 13 heteroatoms. The predicted octanol–water partition coefficient (Wildman–Crippen LogP) is 4.22. The average Bonchev–Trinajstić information content (AvgIpc) is 2.78. The van der Waals surface area contributed by atoms with E-state index in [0.29, 0.717) is 0 Å². The fraction of sp³-hybridized carbons (Fsp3) is 0.143. The van der Waals surface area contributed by atoms with Crippen molar-refractivity contribution in [2.24, 2.45) is 0 Å². The largest absolute Gasteiger partial charge is 0.495 e. The fourth-order valence-electron chi connectivity index (χ4n) is 2.64. The van der Waals surface area contributed by atoms with E-state index in [1.165, 1.54) is 31.4 Å². The lowest BCUT2D eigenvalue weighted by Crippen LogP contribution is -2.19. The molecule has 0 aliphatic heterocycles. The molecular formula is C21H17F4N3O5S. The van der Waals surface area contributed by atoms with Gasteiger partial charge in [0.1, 0.15) is 11.6 Å². The quantitative estimate of drug-likeness (QED) is 0.450. The van der Waals surface area contributed by atoms with Crippen molar-refractivity contribution >= 4 is 27.3 Å².